The first-order chi connectivity index (χ1) is 5.66. The van der Waals surface area contributed by atoms with E-state index in [1.807, 2.05) is 32.0 Å². The maximum Gasteiger partial charge on any atom is 0.175 e. The largest absolute Gasteiger partial charge is 0.410 e. The minimum atomic E-state index is 0.135. The Morgan fingerprint density at radius 3 is 2.67 bits per heavy atom. The molecule has 0 aliphatic rings. The smallest absolute Gasteiger partial charge is 0.175 e. The molecule has 1 aromatic rings. The van der Waals surface area contributed by atoms with E-state index in [1.54, 1.807) is 0 Å². The second-order valence-corrected chi connectivity index (χ2v) is 3.00. The maximum absolute atomic E-state index is 8.46. The van der Waals surface area contributed by atoms with Crippen LogP contribution in [0, 0.1) is 13.8 Å². The van der Waals surface area contributed by atoms with Gasteiger partial charge in [0.15, 0.2) is 5.17 Å². The molecule has 0 spiro atoms. The molecule has 0 aliphatic heterocycles. The summed E-state index contributed by atoms with van der Waals surface area (Å²) in [4.78, 5) is 0. The summed E-state index contributed by atoms with van der Waals surface area (Å²) < 4.78 is 0. The average molecular weight is 184 g/mol. The minimum Gasteiger partial charge on any atom is -0.410 e. The average Bonchev–Trinajstić information content (AvgIpc) is 2.08. The van der Waals surface area contributed by atoms with Crippen molar-refractivity contribution in [1.82, 2.24) is 0 Å². The molecule has 0 fully saturated rings. The Hall–Kier alpha value is -1.02. The number of oxime groups is 1. The van der Waals surface area contributed by atoms with Crippen LogP contribution in [0.1, 0.15) is 16.7 Å². The molecule has 0 amide bonds. The van der Waals surface area contributed by atoms with Gasteiger partial charge in [-0.1, -0.05) is 35.0 Å². The summed E-state index contributed by atoms with van der Waals surface area (Å²) in [5, 5.41) is 11.5. The molecular formula is C9H10ClNO. The van der Waals surface area contributed by atoms with Crippen LogP contribution in [0.25, 0.3) is 0 Å². The van der Waals surface area contributed by atoms with Crippen molar-refractivity contribution in [3.63, 3.8) is 0 Å². The van der Waals surface area contributed by atoms with Crippen LogP contribution in [0.3, 0.4) is 0 Å². The number of rotatable bonds is 1. The Morgan fingerprint density at radius 1 is 1.42 bits per heavy atom. The zero-order valence-corrected chi connectivity index (χ0v) is 7.76. The minimum absolute atomic E-state index is 0.135. The van der Waals surface area contributed by atoms with Crippen molar-refractivity contribution in [3.05, 3.63) is 34.9 Å². The monoisotopic (exact) mass is 183 g/mol. The van der Waals surface area contributed by atoms with Crippen LogP contribution in [-0.2, 0) is 0 Å². The summed E-state index contributed by atoms with van der Waals surface area (Å²) >= 11 is 5.67. The standard InChI is InChI=1S/C9H10ClNO/c1-6-4-3-5-8(7(6)2)9(10)11-12/h3-5,12H,1-2H3/b11-9+. The molecule has 0 saturated heterocycles. The quantitative estimate of drug-likeness (QED) is 0.405. The number of hydrogen-bond acceptors (Lipinski definition) is 2. The van der Waals surface area contributed by atoms with Gasteiger partial charge in [0.25, 0.3) is 0 Å². The highest BCUT2D eigenvalue weighted by Gasteiger charge is 2.04. The van der Waals surface area contributed by atoms with Gasteiger partial charge in [-0.2, -0.15) is 0 Å². The fourth-order valence-corrected chi connectivity index (χ4v) is 1.23. The summed E-state index contributed by atoms with van der Waals surface area (Å²) in [5.74, 6) is 0. The van der Waals surface area contributed by atoms with E-state index >= 15 is 0 Å². The lowest BCUT2D eigenvalue weighted by atomic mass is 10.0. The molecule has 0 atom stereocenters. The number of halogens is 1. The van der Waals surface area contributed by atoms with E-state index in [-0.39, 0.29) is 5.17 Å². The molecule has 12 heavy (non-hydrogen) atoms. The van der Waals surface area contributed by atoms with Gasteiger partial charge in [0.2, 0.25) is 0 Å². The van der Waals surface area contributed by atoms with E-state index < -0.39 is 0 Å². The predicted molar refractivity (Wildman–Crippen MR) is 50.1 cm³/mol. The van der Waals surface area contributed by atoms with E-state index in [4.69, 9.17) is 16.8 Å². The Kier molecular flexibility index (Phi) is 2.71. The SMILES string of the molecule is Cc1cccc(/C(Cl)=N\O)c1C. The molecule has 0 unspecified atom stereocenters. The fourth-order valence-electron chi connectivity index (χ4n) is 1.03. The van der Waals surface area contributed by atoms with Crippen molar-refractivity contribution >= 4 is 16.8 Å². The molecular weight excluding hydrogens is 174 g/mol. The number of hydrogen-bond donors (Lipinski definition) is 1. The van der Waals surface area contributed by atoms with E-state index in [0.29, 0.717) is 0 Å². The van der Waals surface area contributed by atoms with Gasteiger partial charge in [-0.3, -0.25) is 0 Å². The van der Waals surface area contributed by atoms with Crippen molar-refractivity contribution in [1.29, 1.82) is 0 Å². The predicted octanol–water partition coefficient (Wildman–Crippen LogP) is 2.68. The second-order valence-electron chi connectivity index (χ2n) is 2.64. The first-order valence-electron chi connectivity index (χ1n) is 3.61. The first-order valence-corrected chi connectivity index (χ1v) is 3.98. The van der Waals surface area contributed by atoms with Gasteiger partial charge in [0.1, 0.15) is 0 Å². The van der Waals surface area contributed by atoms with Crippen molar-refractivity contribution in [2.45, 2.75) is 13.8 Å². The molecule has 3 heteroatoms. The van der Waals surface area contributed by atoms with Gasteiger partial charge in [0.05, 0.1) is 0 Å². The first kappa shape index (κ1) is 9.07. The Balaban J connectivity index is 3.26. The summed E-state index contributed by atoms with van der Waals surface area (Å²) in [6.45, 7) is 3.93. The molecule has 0 heterocycles. The zero-order chi connectivity index (χ0) is 9.14. The van der Waals surface area contributed by atoms with Crippen LogP contribution in [-0.4, -0.2) is 10.4 Å². The van der Waals surface area contributed by atoms with Crippen LogP contribution < -0.4 is 0 Å². The highest BCUT2D eigenvalue weighted by Crippen LogP contribution is 2.15. The lowest BCUT2D eigenvalue weighted by Gasteiger charge is -2.04. The van der Waals surface area contributed by atoms with Crippen molar-refractivity contribution < 1.29 is 5.21 Å². The lowest BCUT2D eigenvalue weighted by molar-refractivity contribution is 0.321. The highest BCUT2D eigenvalue weighted by atomic mass is 35.5. The highest BCUT2D eigenvalue weighted by molar-refractivity contribution is 6.69. The second kappa shape index (κ2) is 3.59. The maximum atomic E-state index is 8.46. The normalized spacial score (nSPS) is 11.8. The fraction of sp³-hybridized carbons (Fsp3) is 0.222. The van der Waals surface area contributed by atoms with Gasteiger partial charge in [-0.15, -0.1) is 0 Å². The molecule has 0 aromatic heterocycles. The van der Waals surface area contributed by atoms with E-state index in [2.05, 4.69) is 5.16 Å². The summed E-state index contributed by atoms with van der Waals surface area (Å²) in [5.41, 5.74) is 2.95. The lowest BCUT2D eigenvalue weighted by Crippen LogP contribution is -1.96. The molecule has 0 saturated carbocycles. The van der Waals surface area contributed by atoms with Crippen LogP contribution in [0.5, 0.6) is 0 Å². The van der Waals surface area contributed by atoms with Crippen molar-refractivity contribution in [3.8, 4) is 0 Å². The molecule has 0 radical (unpaired) electrons. The van der Waals surface area contributed by atoms with Gasteiger partial charge < -0.3 is 5.21 Å². The van der Waals surface area contributed by atoms with E-state index in [1.165, 1.54) is 0 Å². The third-order valence-corrected chi connectivity index (χ3v) is 2.19. The molecule has 0 bridgehead atoms. The van der Waals surface area contributed by atoms with E-state index in [0.717, 1.165) is 16.7 Å². The van der Waals surface area contributed by atoms with Gasteiger partial charge in [0, 0.05) is 5.56 Å². The molecule has 1 aromatic carbocycles. The topological polar surface area (TPSA) is 32.6 Å². The molecule has 1 N–H and O–H groups in total. The Morgan fingerprint density at radius 2 is 2.08 bits per heavy atom. The molecule has 0 aliphatic carbocycles. The third kappa shape index (κ3) is 1.59. The van der Waals surface area contributed by atoms with Gasteiger partial charge in [-0.25, -0.2) is 0 Å². The van der Waals surface area contributed by atoms with Gasteiger partial charge >= 0.3 is 0 Å². The van der Waals surface area contributed by atoms with Crippen LogP contribution in [0.4, 0.5) is 0 Å². The molecule has 64 valence electrons. The third-order valence-electron chi connectivity index (χ3n) is 1.91. The number of benzene rings is 1. The van der Waals surface area contributed by atoms with Crippen molar-refractivity contribution in [2.24, 2.45) is 5.16 Å². The Bertz CT molecular complexity index is 320. The van der Waals surface area contributed by atoms with Crippen LogP contribution in [0.15, 0.2) is 23.4 Å². The Labute approximate surface area is 76.5 Å². The van der Waals surface area contributed by atoms with Crippen molar-refractivity contribution in [2.75, 3.05) is 0 Å². The summed E-state index contributed by atoms with van der Waals surface area (Å²) in [6.07, 6.45) is 0. The zero-order valence-electron chi connectivity index (χ0n) is 7.00. The molecule has 1 rings (SSSR count). The van der Waals surface area contributed by atoms with Crippen LogP contribution in [0.2, 0.25) is 0 Å². The van der Waals surface area contributed by atoms with E-state index in [9.17, 15) is 0 Å². The summed E-state index contributed by atoms with van der Waals surface area (Å²) in [6, 6.07) is 5.69. The van der Waals surface area contributed by atoms with Crippen LogP contribution >= 0.6 is 11.6 Å². The number of aryl methyl sites for hydroxylation is 1. The summed E-state index contributed by atoms with van der Waals surface area (Å²) in [7, 11) is 0. The molecule has 2 nitrogen and oxygen atoms in total. The van der Waals surface area contributed by atoms with Gasteiger partial charge in [-0.05, 0) is 25.0 Å². The number of nitrogens with zero attached hydrogens (tertiary/aromatic N) is 1.